The van der Waals surface area contributed by atoms with Crippen LogP contribution in [-0.2, 0) is 11.3 Å². The average molecular weight is 348 g/mol. The molecule has 0 aliphatic carbocycles. The van der Waals surface area contributed by atoms with E-state index in [0.717, 1.165) is 41.4 Å². The number of amides is 1. The Hall–Kier alpha value is -3.22. The fourth-order valence-corrected chi connectivity index (χ4v) is 3.27. The lowest BCUT2D eigenvalue weighted by atomic mass is 10.1. The minimum absolute atomic E-state index is 0.193. The van der Waals surface area contributed by atoms with Gasteiger partial charge in [-0.3, -0.25) is 4.79 Å². The summed E-state index contributed by atoms with van der Waals surface area (Å²) < 4.78 is 1.72. The molecule has 0 saturated carbocycles. The quantitative estimate of drug-likeness (QED) is 0.767. The Labute approximate surface area is 151 Å². The summed E-state index contributed by atoms with van der Waals surface area (Å²) in [5, 5.41) is 15.4. The number of benzene rings is 2. The van der Waals surface area contributed by atoms with Crippen LogP contribution in [0.5, 0.6) is 0 Å². The van der Waals surface area contributed by atoms with Gasteiger partial charge in [0, 0.05) is 24.3 Å². The second-order valence-corrected chi connectivity index (χ2v) is 6.29. The van der Waals surface area contributed by atoms with Gasteiger partial charge in [-0.15, -0.1) is 5.10 Å². The van der Waals surface area contributed by atoms with Crippen LogP contribution in [0.4, 0.5) is 11.4 Å². The number of nitrogens with zero attached hydrogens (tertiary/aromatic N) is 5. The summed E-state index contributed by atoms with van der Waals surface area (Å²) in [5.41, 5.74) is 3.92. The van der Waals surface area contributed by atoms with Gasteiger partial charge in [-0.1, -0.05) is 24.3 Å². The van der Waals surface area contributed by atoms with Crippen LogP contribution in [0.15, 0.2) is 48.5 Å². The maximum atomic E-state index is 12.1. The standard InChI is InChI=1S/C19H20N6O/c1-14-16(9-5-10-17(14)24-12-6-11-19(24)26)20-13-18-21-22-23-25(18)15-7-3-2-4-8-15/h2-5,7-10,20H,6,11-13H2,1H3. The van der Waals surface area contributed by atoms with E-state index in [-0.39, 0.29) is 5.91 Å². The van der Waals surface area contributed by atoms with Crippen molar-refractivity contribution in [2.75, 3.05) is 16.8 Å². The Morgan fingerprint density at radius 1 is 1.12 bits per heavy atom. The summed E-state index contributed by atoms with van der Waals surface area (Å²) in [6.45, 7) is 3.30. The lowest BCUT2D eigenvalue weighted by molar-refractivity contribution is -0.117. The molecular weight excluding hydrogens is 328 g/mol. The number of hydrogen-bond acceptors (Lipinski definition) is 5. The van der Waals surface area contributed by atoms with Gasteiger partial charge < -0.3 is 10.2 Å². The van der Waals surface area contributed by atoms with Crippen molar-refractivity contribution in [2.45, 2.75) is 26.3 Å². The van der Waals surface area contributed by atoms with Crippen molar-refractivity contribution in [3.8, 4) is 5.69 Å². The molecule has 26 heavy (non-hydrogen) atoms. The molecule has 1 aromatic heterocycles. The van der Waals surface area contributed by atoms with E-state index in [0.29, 0.717) is 13.0 Å². The second-order valence-electron chi connectivity index (χ2n) is 6.29. The molecule has 7 heteroatoms. The molecule has 1 N–H and O–H groups in total. The zero-order valence-electron chi connectivity index (χ0n) is 14.6. The first-order valence-corrected chi connectivity index (χ1v) is 8.70. The minimum atomic E-state index is 0.193. The van der Waals surface area contributed by atoms with Crippen molar-refractivity contribution in [1.29, 1.82) is 0 Å². The van der Waals surface area contributed by atoms with Gasteiger partial charge in [-0.05, 0) is 53.6 Å². The average Bonchev–Trinajstić information content (AvgIpc) is 3.30. The van der Waals surface area contributed by atoms with E-state index >= 15 is 0 Å². The van der Waals surface area contributed by atoms with Crippen LogP contribution >= 0.6 is 0 Å². The van der Waals surface area contributed by atoms with E-state index < -0.39 is 0 Å². The van der Waals surface area contributed by atoms with Crippen molar-refractivity contribution < 1.29 is 4.79 Å². The summed E-state index contributed by atoms with van der Waals surface area (Å²) in [4.78, 5) is 13.9. The summed E-state index contributed by atoms with van der Waals surface area (Å²) in [5.74, 6) is 0.913. The van der Waals surface area contributed by atoms with Crippen LogP contribution < -0.4 is 10.2 Å². The molecule has 2 aromatic carbocycles. The Bertz CT molecular complexity index is 921. The number of carbonyl (C=O) groups is 1. The Balaban J connectivity index is 1.55. The molecule has 2 heterocycles. The van der Waals surface area contributed by atoms with Crippen LogP contribution in [0.2, 0.25) is 0 Å². The topological polar surface area (TPSA) is 75.9 Å². The molecule has 0 radical (unpaired) electrons. The van der Waals surface area contributed by atoms with Crippen molar-refractivity contribution in [3.05, 3.63) is 59.9 Å². The van der Waals surface area contributed by atoms with E-state index in [1.807, 2.05) is 60.4 Å². The maximum Gasteiger partial charge on any atom is 0.227 e. The van der Waals surface area contributed by atoms with E-state index in [4.69, 9.17) is 0 Å². The molecule has 1 aliphatic rings. The number of para-hydroxylation sites is 1. The zero-order chi connectivity index (χ0) is 17.9. The third kappa shape index (κ3) is 3.03. The Kier molecular flexibility index (Phi) is 4.35. The summed E-state index contributed by atoms with van der Waals surface area (Å²) in [6, 6.07) is 15.8. The van der Waals surface area contributed by atoms with Crippen LogP contribution in [0.3, 0.4) is 0 Å². The van der Waals surface area contributed by atoms with Crippen molar-refractivity contribution in [1.82, 2.24) is 20.2 Å². The number of rotatable bonds is 5. The number of aromatic nitrogens is 4. The number of hydrogen-bond donors (Lipinski definition) is 1. The molecule has 1 amide bonds. The SMILES string of the molecule is Cc1c(NCc2nnnn2-c2ccccc2)cccc1N1CCCC1=O. The number of tetrazole rings is 1. The normalized spacial score (nSPS) is 14.0. The molecule has 0 spiro atoms. The van der Waals surface area contributed by atoms with Crippen molar-refractivity contribution in [2.24, 2.45) is 0 Å². The third-order valence-electron chi connectivity index (χ3n) is 4.64. The lowest BCUT2D eigenvalue weighted by Crippen LogP contribution is -2.24. The molecule has 132 valence electrons. The monoisotopic (exact) mass is 348 g/mol. The molecule has 1 fully saturated rings. The van der Waals surface area contributed by atoms with E-state index in [1.165, 1.54) is 0 Å². The van der Waals surface area contributed by atoms with Crippen LogP contribution in [0.25, 0.3) is 5.69 Å². The maximum absolute atomic E-state index is 12.1. The summed E-state index contributed by atoms with van der Waals surface area (Å²) in [7, 11) is 0. The predicted molar refractivity (Wildman–Crippen MR) is 99.2 cm³/mol. The van der Waals surface area contributed by atoms with E-state index in [2.05, 4.69) is 20.8 Å². The first kappa shape index (κ1) is 16.3. The van der Waals surface area contributed by atoms with Crippen LogP contribution in [0, 0.1) is 6.92 Å². The number of anilines is 2. The van der Waals surface area contributed by atoms with Crippen molar-refractivity contribution >= 4 is 17.3 Å². The molecule has 7 nitrogen and oxygen atoms in total. The Morgan fingerprint density at radius 3 is 2.73 bits per heavy atom. The molecular formula is C19H20N6O. The predicted octanol–water partition coefficient (Wildman–Crippen LogP) is 2.71. The van der Waals surface area contributed by atoms with Gasteiger partial charge in [-0.25, -0.2) is 0 Å². The largest absolute Gasteiger partial charge is 0.377 e. The first-order valence-electron chi connectivity index (χ1n) is 8.70. The Morgan fingerprint density at radius 2 is 1.96 bits per heavy atom. The van der Waals surface area contributed by atoms with Gasteiger partial charge in [-0.2, -0.15) is 4.68 Å². The number of nitrogens with one attached hydrogen (secondary N) is 1. The highest BCUT2D eigenvalue weighted by atomic mass is 16.2. The van der Waals surface area contributed by atoms with E-state index in [1.54, 1.807) is 4.68 Å². The highest BCUT2D eigenvalue weighted by Gasteiger charge is 2.23. The van der Waals surface area contributed by atoms with E-state index in [9.17, 15) is 4.79 Å². The van der Waals surface area contributed by atoms with Crippen LogP contribution in [0.1, 0.15) is 24.2 Å². The fraction of sp³-hybridized carbons (Fsp3) is 0.263. The molecule has 0 atom stereocenters. The second kappa shape index (κ2) is 6.95. The fourth-order valence-electron chi connectivity index (χ4n) is 3.27. The lowest BCUT2D eigenvalue weighted by Gasteiger charge is -2.20. The van der Waals surface area contributed by atoms with Gasteiger partial charge in [0.1, 0.15) is 0 Å². The van der Waals surface area contributed by atoms with Gasteiger partial charge in [0.05, 0.1) is 12.2 Å². The van der Waals surface area contributed by atoms with Gasteiger partial charge in [0.2, 0.25) is 5.91 Å². The first-order chi connectivity index (χ1) is 12.7. The molecule has 0 unspecified atom stereocenters. The molecule has 1 aliphatic heterocycles. The third-order valence-corrected chi connectivity index (χ3v) is 4.64. The smallest absolute Gasteiger partial charge is 0.227 e. The van der Waals surface area contributed by atoms with Crippen molar-refractivity contribution in [3.63, 3.8) is 0 Å². The summed E-state index contributed by atoms with van der Waals surface area (Å²) in [6.07, 6.45) is 1.55. The number of carbonyl (C=O) groups excluding carboxylic acids is 1. The highest BCUT2D eigenvalue weighted by Crippen LogP contribution is 2.30. The van der Waals surface area contributed by atoms with Gasteiger partial charge in [0.15, 0.2) is 5.82 Å². The molecule has 4 rings (SSSR count). The molecule has 3 aromatic rings. The van der Waals surface area contributed by atoms with Gasteiger partial charge >= 0.3 is 0 Å². The summed E-state index contributed by atoms with van der Waals surface area (Å²) >= 11 is 0. The molecule has 1 saturated heterocycles. The molecule has 0 bridgehead atoms. The minimum Gasteiger partial charge on any atom is -0.377 e. The zero-order valence-corrected chi connectivity index (χ0v) is 14.6. The highest BCUT2D eigenvalue weighted by molar-refractivity contribution is 5.96. The van der Waals surface area contributed by atoms with Gasteiger partial charge in [0.25, 0.3) is 0 Å². The van der Waals surface area contributed by atoms with Crippen LogP contribution in [-0.4, -0.2) is 32.7 Å².